The highest BCUT2D eigenvalue weighted by Crippen LogP contribution is 2.56. The number of carbonyl (C=O) groups excluding carboxylic acids is 2. The minimum Gasteiger partial charge on any atom is -0.353 e. The highest BCUT2D eigenvalue weighted by molar-refractivity contribution is 7.79. The average molecular weight is 591 g/mol. The summed E-state index contributed by atoms with van der Waals surface area (Å²) in [6.45, 7) is 5.93. The lowest BCUT2D eigenvalue weighted by Crippen LogP contribution is -2.49. The molecule has 0 radical (unpaired) electrons. The standard InChI is InChI=1S/C28H36N4O2S.H2O4S/c33-27-24-18-9-10-19(15-18)25(24)28(34)32(27)17-21-6-2-1-5-20(21)16-30-11-13-31(14-12-30)26-22-7-3-4-8-23(22)35-29-26;1-5(2,3)4/h3-4,7-8,18-21,24-25H,1-2,5-6,9-17H2;(H2,1,2,3,4)/t18-,19+,20-,21-,24+,25-;/m0./s1. The molecule has 2 aliphatic heterocycles. The number of aromatic nitrogens is 1. The van der Waals surface area contributed by atoms with E-state index in [1.165, 1.54) is 29.3 Å². The van der Waals surface area contributed by atoms with Gasteiger partial charge in [-0.25, -0.2) is 0 Å². The Morgan fingerprint density at radius 2 is 1.43 bits per heavy atom. The molecule has 7 rings (SSSR count). The Hall–Kier alpha value is -2.12. The third-order valence-electron chi connectivity index (χ3n) is 10.0. The molecule has 1 aromatic carbocycles. The van der Waals surface area contributed by atoms with Crippen LogP contribution in [0.25, 0.3) is 10.1 Å². The molecule has 3 heterocycles. The van der Waals surface area contributed by atoms with Crippen LogP contribution < -0.4 is 4.90 Å². The zero-order valence-electron chi connectivity index (χ0n) is 22.6. The number of imide groups is 1. The number of likely N-dealkylation sites (tertiary alicyclic amines) is 1. The summed E-state index contributed by atoms with van der Waals surface area (Å²) < 4.78 is 37.6. The van der Waals surface area contributed by atoms with Crippen LogP contribution in [-0.2, 0) is 20.0 Å². The molecule has 2 amide bonds. The minimum atomic E-state index is -4.67. The average Bonchev–Trinajstić information content (AvgIpc) is 3.70. The van der Waals surface area contributed by atoms with Crippen LogP contribution in [0.1, 0.15) is 44.9 Å². The summed E-state index contributed by atoms with van der Waals surface area (Å²) >= 11 is 1.60. The van der Waals surface area contributed by atoms with Crippen molar-refractivity contribution in [1.29, 1.82) is 0 Å². The van der Waals surface area contributed by atoms with Crippen molar-refractivity contribution in [1.82, 2.24) is 14.2 Å². The topological polar surface area (TPSA) is 131 Å². The van der Waals surface area contributed by atoms with Crippen molar-refractivity contribution in [2.24, 2.45) is 35.5 Å². The van der Waals surface area contributed by atoms with Gasteiger partial charge < -0.3 is 4.90 Å². The van der Waals surface area contributed by atoms with Crippen LogP contribution in [0, 0.1) is 35.5 Å². The Labute approximate surface area is 239 Å². The zero-order valence-corrected chi connectivity index (χ0v) is 24.2. The fourth-order valence-corrected chi connectivity index (χ4v) is 9.02. The summed E-state index contributed by atoms with van der Waals surface area (Å²) in [6.07, 6.45) is 8.35. The molecule has 5 aliphatic rings. The first-order valence-corrected chi connectivity index (χ1v) is 16.7. The van der Waals surface area contributed by atoms with Crippen LogP contribution in [0.3, 0.4) is 0 Å². The van der Waals surface area contributed by atoms with Gasteiger partial charge in [-0.05, 0) is 79.4 Å². The van der Waals surface area contributed by atoms with E-state index in [1.54, 1.807) is 16.4 Å². The fraction of sp³-hybridized carbons (Fsp3) is 0.679. The van der Waals surface area contributed by atoms with Gasteiger partial charge in [-0.15, -0.1) is 0 Å². The molecule has 2 saturated heterocycles. The molecule has 1 aromatic heterocycles. The molecular weight excluding hydrogens is 552 g/mol. The molecule has 10 nitrogen and oxygen atoms in total. The van der Waals surface area contributed by atoms with Crippen molar-refractivity contribution in [2.45, 2.75) is 44.9 Å². The Kier molecular flexibility index (Phi) is 7.90. The van der Waals surface area contributed by atoms with Crippen molar-refractivity contribution in [3.63, 3.8) is 0 Å². The van der Waals surface area contributed by atoms with Gasteiger partial charge in [-0.2, -0.15) is 12.8 Å². The lowest BCUT2D eigenvalue weighted by atomic mass is 9.78. The Balaban J connectivity index is 0.000000534. The van der Waals surface area contributed by atoms with Gasteiger partial charge in [-0.3, -0.25) is 28.5 Å². The molecule has 0 unspecified atom stereocenters. The summed E-state index contributed by atoms with van der Waals surface area (Å²) in [6, 6.07) is 8.54. The van der Waals surface area contributed by atoms with Gasteiger partial charge in [-0.1, -0.05) is 25.0 Å². The van der Waals surface area contributed by atoms with E-state index in [1.807, 2.05) is 0 Å². The van der Waals surface area contributed by atoms with Crippen LogP contribution in [0.5, 0.6) is 0 Å². The Morgan fingerprint density at radius 1 is 0.850 bits per heavy atom. The van der Waals surface area contributed by atoms with Gasteiger partial charge in [0.2, 0.25) is 11.8 Å². The zero-order chi connectivity index (χ0) is 28.0. The number of anilines is 1. The quantitative estimate of drug-likeness (QED) is 0.396. The number of piperazine rings is 1. The number of nitrogens with zero attached hydrogens (tertiary/aromatic N) is 4. The predicted molar refractivity (Wildman–Crippen MR) is 152 cm³/mol. The lowest BCUT2D eigenvalue weighted by Gasteiger charge is -2.40. The van der Waals surface area contributed by atoms with Crippen LogP contribution in [-0.4, -0.2) is 82.8 Å². The molecule has 0 spiro atoms. The van der Waals surface area contributed by atoms with Crippen molar-refractivity contribution < 1.29 is 27.1 Å². The van der Waals surface area contributed by atoms with Gasteiger partial charge in [0.15, 0.2) is 0 Å². The Bertz CT molecular complexity index is 1320. The molecule has 12 heteroatoms. The van der Waals surface area contributed by atoms with Gasteiger partial charge in [0.05, 0.1) is 16.5 Å². The molecule has 218 valence electrons. The third kappa shape index (κ3) is 5.65. The van der Waals surface area contributed by atoms with E-state index in [0.29, 0.717) is 30.2 Å². The third-order valence-corrected chi connectivity index (χ3v) is 10.8. The number of hydrogen-bond donors (Lipinski definition) is 2. The van der Waals surface area contributed by atoms with Crippen LogP contribution in [0.2, 0.25) is 0 Å². The fourth-order valence-electron chi connectivity index (χ4n) is 8.22. The first-order valence-electron chi connectivity index (χ1n) is 14.5. The largest absolute Gasteiger partial charge is 0.394 e. The van der Waals surface area contributed by atoms with Gasteiger partial charge >= 0.3 is 10.4 Å². The smallest absolute Gasteiger partial charge is 0.353 e. The number of rotatable bonds is 5. The summed E-state index contributed by atoms with van der Waals surface area (Å²) in [5, 5.41) is 1.27. The van der Waals surface area contributed by atoms with Crippen molar-refractivity contribution in [2.75, 3.05) is 44.2 Å². The van der Waals surface area contributed by atoms with Gasteiger partial charge in [0.1, 0.15) is 5.82 Å². The normalized spacial score (nSPS) is 32.5. The van der Waals surface area contributed by atoms with Crippen LogP contribution in [0.4, 0.5) is 5.82 Å². The van der Waals surface area contributed by atoms with Crippen molar-refractivity contribution in [3.05, 3.63) is 24.3 Å². The second-order valence-corrected chi connectivity index (χ2v) is 13.9. The molecule has 2 N–H and O–H groups in total. The molecule has 3 aliphatic carbocycles. The summed E-state index contributed by atoms with van der Waals surface area (Å²) in [7, 11) is -4.67. The molecular formula is C28H38N4O6S2. The monoisotopic (exact) mass is 590 g/mol. The molecule has 6 atom stereocenters. The maximum absolute atomic E-state index is 13.3. The van der Waals surface area contributed by atoms with E-state index in [2.05, 4.69) is 34.1 Å². The number of benzene rings is 1. The highest BCUT2D eigenvalue weighted by Gasteiger charge is 2.61. The van der Waals surface area contributed by atoms with Gasteiger partial charge in [0, 0.05) is 44.7 Å². The molecule has 3 saturated carbocycles. The molecule has 5 fully saturated rings. The first kappa shape index (κ1) is 28.0. The van der Waals surface area contributed by atoms with Crippen molar-refractivity contribution in [3.8, 4) is 0 Å². The Morgan fingerprint density at radius 3 is 2.05 bits per heavy atom. The van der Waals surface area contributed by atoms with Crippen molar-refractivity contribution >= 4 is 49.6 Å². The van der Waals surface area contributed by atoms with E-state index >= 15 is 0 Å². The second-order valence-electron chi connectivity index (χ2n) is 12.2. The maximum Gasteiger partial charge on any atom is 0.394 e. The number of amides is 2. The molecule has 2 bridgehead atoms. The minimum absolute atomic E-state index is 0.0261. The lowest BCUT2D eigenvalue weighted by molar-refractivity contribution is -0.142. The van der Waals surface area contributed by atoms with E-state index < -0.39 is 10.4 Å². The van der Waals surface area contributed by atoms with E-state index in [-0.39, 0.29) is 23.7 Å². The second kappa shape index (κ2) is 11.3. The molecule has 40 heavy (non-hydrogen) atoms. The maximum atomic E-state index is 13.3. The summed E-state index contributed by atoms with van der Waals surface area (Å²) in [5.74, 6) is 3.59. The number of carbonyl (C=O) groups is 2. The number of hydrogen-bond acceptors (Lipinski definition) is 8. The van der Waals surface area contributed by atoms with Gasteiger partial charge in [0.25, 0.3) is 0 Å². The van der Waals surface area contributed by atoms with E-state index in [4.69, 9.17) is 21.9 Å². The summed E-state index contributed by atoms with van der Waals surface area (Å²) in [5.41, 5.74) is 0. The van der Waals surface area contributed by atoms with Crippen LogP contribution in [0.15, 0.2) is 24.3 Å². The van der Waals surface area contributed by atoms with Crippen LogP contribution >= 0.6 is 11.5 Å². The highest BCUT2D eigenvalue weighted by atomic mass is 32.3. The SMILES string of the molecule is O=C1[C@@H]2[C@H]3CC[C@H](C3)[C@@H]2C(=O)N1C[C@@H]1CCCC[C@H]1CN1CCN(c2nsc3ccccc23)CC1.O=S(=O)(O)O. The van der Waals surface area contributed by atoms with E-state index in [0.717, 1.165) is 64.2 Å². The predicted octanol–water partition coefficient (Wildman–Crippen LogP) is 3.60. The summed E-state index contributed by atoms with van der Waals surface area (Å²) in [4.78, 5) is 33.4. The molecule has 2 aromatic rings. The number of fused-ring (bicyclic) bond motifs is 6. The van der Waals surface area contributed by atoms with E-state index in [9.17, 15) is 9.59 Å². The first-order chi connectivity index (χ1) is 19.2.